The SMILES string of the molecule is Cc1cc(C)c(-c2nc(Cl)c(C#N)cc2C)c(C)c1. The molecule has 96 valence electrons. The second kappa shape index (κ2) is 5.03. The molecule has 0 aliphatic heterocycles. The molecule has 1 aromatic heterocycles. The van der Waals surface area contributed by atoms with E-state index in [1.54, 1.807) is 6.07 Å². The predicted octanol–water partition coefficient (Wildman–Crippen LogP) is 4.51. The van der Waals surface area contributed by atoms with Crippen molar-refractivity contribution in [2.24, 2.45) is 0 Å². The first kappa shape index (κ1) is 13.6. The fraction of sp³-hybridized carbons (Fsp3) is 0.250. The van der Waals surface area contributed by atoms with Crippen molar-refractivity contribution in [3.05, 3.63) is 51.2 Å². The number of nitrogens with zero attached hydrogens (tertiary/aromatic N) is 2. The Morgan fingerprint density at radius 1 is 1.00 bits per heavy atom. The van der Waals surface area contributed by atoms with Crippen LogP contribution in [-0.2, 0) is 0 Å². The van der Waals surface area contributed by atoms with E-state index in [0.29, 0.717) is 5.56 Å². The minimum absolute atomic E-state index is 0.266. The van der Waals surface area contributed by atoms with Crippen LogP contribution in [0.2, 0.25) is 5.15 Å². The van der Waals surface area contributed by atoms with Gasteiger partial charge < -0.3 is 0 Å². The summed E-state index contributed by atoms with van der Waals surface area (Å²) in [6.45, 7) is 8.18. The summed E-state index contributed by atoms with van der Waals surface area (Å²) in [6, 6.07) is 8.12. The molecule has 19 heavy (non-hydrogen) atoms. The van der Waals surface area contributed by atoms with Gasteiger partial charge in [0.15, 0.2) is 0 Å². The standard InChI is InChI=1S/C16H15ClN2/c1-9-5-10(2)14(11(3)6-9)15-12(4)7-13(8-18)16(17)19-15/h5-7H,1-4H3. The second-order valence-corrected chi connectivity index (χ2v) is 5.24. The first-order valence-electron chi connectivity index (χ1n) is 6.09. The van der Waals surface area contributed by atoms with Gasteiger partial charge in [0.05, 0.1) is 11.3 Å². The van der Waals surface area contributed by atoms with Gasteiger partial charge in [0.1, 0.15) is 11.2 Å². The molecule has 0 radical (unpaired) electrons. The van der Waals surface area contributed by atoms with Gasteiger partial charge in [-0.3, -0.25) is 0 Å². The Labute approximate surface area is 118 Å². The van der Waals surface area contributed by atoms with Gasteiger partial charge in [-0.2, -0.15) is 5.26 Å². The van der Waals surface area contributed by atoms with E-state index < -0.39 is 0 Å². The third-order valence-corrected chi connectivity index (χ3v) is 3.49. The molecule has 0 bridgehead atoms. The Morgan fingerprint density at radius 2 is 1.58 bits per heavy atom. The zero-order valence-corrected chi connectivity index (χ0v) is 12.3. The van der Waals surface area contributed by atoms with E-state index in [2.05, 4.69) is 44.0 Å². The van der Waals surface area contributed by atoms with E-state index >= 15 is 0 Å². The van der Waals surface area contributed by atoms with Gasteiger partial charge in [0, 0.05) is 5.56 Å². The molecular formula is C16H15ClN2. The monoisotopic (exact) mass is 270 g/mol. The van der Waals surface area contributed by atoms with Gasteiger partial charge >= 0.3 is 0 Å². The average molecular weight is 271 g/mol. The van der Waals surface area contributed by atoms with Gasteiger partial charge in [-0.1, -0.05) is 29.3 Å². The number of benzene rings is 1. The summed E-state index contributed by atoms with van der Waals surface area (Å²) in [7, 11) is 0. The van der Waals surface area contributed by atoms with Crippen molar-refractivity contribution >= 4 is 11.6 Å². The molecule has 2 rings (SSSR count). The Hall–Kier alpha value is -1.85. The number of pyridine rings is 1. The summed E-state index contributed by atoms with van der Waals surface area (Å²) in [5.41, 5.74) is 6.94. The maximum atomic E-state index is 8.98. The molecule has 1 aromatic carbocycles. The number of nitriles is 1. The van der Waals surface area contributed by atoms with Crippen molar-refractivity contribution in [3.63, 3.8) is 0 Å². The number of halogens is 1. The second-order valence-electron chi connectivity index (χ2n) is 4.88. The number of aromatic nitrogens is 1. The molecule has 2 nitrogen and oxygen atoms in total. The molecule has 1 heterocycles. The lowest BCUT2D eigenvalue weighted by molar-refractivity contribution is 1.22. The van der Waals surface area contributed by atoms with Crippen LogP contribution >= 0.6 is 11.6 Å². The molecule has 0 unspecified atom stereocenters. The van der Waals surface area contributed by atoms with Crippen LogP contribution in [-0.4, -0.2) is 4.98 Å². The summed E-state index contributed by atoms with van der Waals surface area (Å²) in [6.07, 6.45) is 0. The van der Waals surface area contributed by atoms with Crippen LogP contribution < -0.4 is 0 Å². The van der Waals surface area contributed by atoms with Gasteiger partial charge in [0.2, 0.25) is 0 Å². The normalized spacial score (nSPS) is 10.3. The lowest BCUT2D eigenvalue weighted by atomic mass is 9.94. The van der Waals surface area contributed by atoms with Crippen molar-refractivity contribution in [2.75, 3.05) is 0 Å². The quantitative estimate of drug-likeness (QED) is 0.715. The Kier molecular flexibility index (Phi) is 3.59. The molecule has 0 fully saturated rings. The van der Waals surface area contributed by atoms with E-state index in [1.165, 1.54) is 16.7 Å². The van der Waals surface area contributed by atoms with E-state index in [9.17, 15) is 0 Å². The van der Waals surface area contributed by atoms with E-state index in [-0.39, 0.29) is 5.15 Å². The summed E-state index contributed by atoms with van der Waals surface area (Å²) in [4.78, 5) is 4.41. The van der Waals surface area contributed by atoms with Crippen LogP contribution in [0.15, 0.2) is 18.2 Å². The minimum Gasteiger partial charge on any atom is -0.234 e. The highest BCUT2D eigenvalue weighted by Gasteiger charge is 2.13. The molecule has 0 amide bonds. The molecule has 3 heteroatoms. The molecule has 0 aliphatic carbocycles. The summed E-state index contributed by atoms with van der Waals surface area (Å²) < 4.78 is 0. The van der Waals surface area contributed by atoms with Gasteiger partial charge in [-0.25, -0.2) is 4.98 Å². The third-order valence-electron chi connectivity index (χ3n) is 3.20. The molecule has 0 spiro atoms. The van der Waals surface area contributed by atoms with Crippen LogP contribution in [0.3, 0.4) is 0 Å². The number of hydrogen-bond donors (Lipinski definition) is 0. The third kappa shape index (κ3) is 2.47. The lowest BCUT2D eigenvalue weighted by Gasteiger charge is -2.13. The molecule has 0 saturated heterocycles. The maximum Gasteiger partial charge on any atom is 0.147 e. The fourth-order valence-electron chi connectivity index (χ4n) is 2.48. The van der Waals surface area contributed by atoms with Crippen molar-refractivity contribution in [1.29, 1.82) is 5.26 Å². The highest BCUT2D eigenvalue weighted by atomic mass is 35.5. The first-order chi connectivity index (χ1) is 8.93. The minimum atomic E-state index is 0.266. The highest BCUT2D eigenvalue weighted by Crippen LogP contribution is 2.31. The molecular weight excluding hydrogens is 256 g/mol. The van der Waals surface area contributed by atoms with Crippen LogP contribution in [0.25, 0.3) is 11.3 Å². The Balaban J connectivity index is 2.74. The van der Waals surface area contributed by atoms with Crippen molar-refractivity contribution in [1.82, 2.24) is 4.98 Å². The van der Waals surface area contributed by atoms with E-state index in [1.807, 2.05) is 6.92 Å². The molecule has 0 atom stereocenters. The summed E-state index contributed by atoms with van der Waals surface area (Å²) in [5, 5.41) is 9.24. The smallest absolute Gasteiger partial charge is 0.147 e. The molecule has 0 aliphatic rings. The van der Waals surface area contributed by atoms with Crippen LogP contribution in [0.5, 0.6) is 0 Å². The molecule has 0 saturated carbocycles. The predicted molar refractivity (Wildman–Crippen MR) is 78.3 cm³/mol. The lowest BCUT2D eigenvalue weighted by Crippen LogP contribution is -1.97. The van der Waals surface area contributed by atoms with Crippen molar-refractivity contribution in [2.45, 2.75) is 27.7 Å². The Bertz CT molecular complexity index is 674. The fourth-order valence-corrected chi connectivity index (χ4v) is 2.66. The van der Waals surface area contributed by atoms with Gasteiger partial charge in [-0.05, 0) is 50.5 Å². The largest absolute Gasteiger partial charge is 0.234 e. The zero-order valence-electron chi connectivity index (χ0n) is 11.5. The van der Waals surface area contributed by atoms with Crippen LogP contribution in [0.4, 0.5) is 0 Å². The van der Waals surface area contributed by atoms with Crippen LogP contribution in [0.1, 0.15) is 27.8 Å². The Morgan fingerprint density at radius 3 is 2.11 bits per heavy atom. The maximum absolute atomic E-state index is 8.98. The van der Waals surface area contributed by atoms with Crippen molar-refractivity contribution in [3.8, 4) is 17.3 Å². The topological polar surface area (TPSA) is 36.7 Å². The number of rotatable bonds is 1. The number of aryl methyl sites for hydroxylation is 4. The van der Waals surface area contributed by atoms with Gasteiger partial charge in [0.25, 0.3) is 0 Å². The highest BCUT2D eigenvalue weighted by molar-refractivity contribution is 6.30. The molecule has 0 N–H and O–H groups in total. The summed E-state index contributed by atoms with van der Waals surface area (Å²) >= 11 is 6.05. The summed E-state index contributed by atoms with van der Waals surface area (Å²) in [5.74, 6) is 0. The zero-order chi connectivity index (χ0) is 14.2. The van der Waals surface area contributed by atoms with E-state index in [0.717, 1.165) is 16.8 Å². The van der Waals surface area contributed by atoms with Crippen LogP contribution in [0, 0.1) is 39.0 Å². The van der Waals surface area contributed by atoms with Crippen molar-refractivity contribution < 1.29 is 0 Å². The van der Waals surface area contributed by atoms with Gasteiger partial charge in [-0.15, -0.1) is 0 Å². The number of hydrogen-bond acceptors (Lipinski definition) is 2. The average Bonchev–Trinajstić information content (AvgIpc) is 2.31. The van der Waals surface area contributed by atoms with E-state index in [4.69, 9.17) is 16.9 Å². The first-order valence-corrected chi connectivity index (χ1v) is 6.47. The molecule has 2 aromatic rings.